The summed E-state index contributed by atoms with van der Waals surface area (Å²) in [6, 6.07) is 3.96. The minimum atomic E-state index is -1.29. The number of aromatic nitrogens is 1. The van der Waals surface area contributed by atoms with Gasteiger partial charge in [-0.25, -0.2) is 9.78 Å². The van der Waals surface area contributed by atoms with E-state index in [0.29, 0.717) is 42.8 Å². The number of carbonyl (C=O) groups excluding carboxylic acids is 7. The molecule has 346 valence electrons. The Morgan fingerprint density at radius 2 is 1.24 bits per heavy atom. The van der Waals surface area contributed by atoms with Crippen LogP contribution in [0.1, 0.15) is 101 Å². The second-order valence-corrected chi connectivity index (χ2v) is 16.7. The van der Waals surface area contributed by atoms with Crippen LogP contribution >= 0.6 is 0 Å². The van der Waals surface area contributed by atoms with Crippen LogP contribution in [0.4, 0.5) is 0 Å². The van der Waals surface area contributed by atoms with Crippen LogP contribution in [0, 0.1) is 23.7 Å². The van der Waals surface area contributed by atoms with E-state index in [2.05, 4.69) is 31.6 Å². The minimum absolute atomic E-state index is 0.0435. The number of carbonyl (C=O) groups is 7. The van der Waals surface area contributed by atoms with E-state index >= 15 is 0 Å². The van der Waals surface area contributed by atoms with Gasteiger partial charge in [0.2, 0.25) is 41.3 Å². The number of nitrogens with one attached hydrogen (secondary N) is 5. The van der Waals surface area contributed by atoms with Gasteiger partial charge in [-0.3, -0.25) is 28.8 Å². The lowest BCUT2D eigenvalue weighted by molar-refractivity contribution is -0.146. The van der Waals surface area contributed by atoms with E-state index in [9.17, 15) is 38.7 Å². The van der Waals surface area contributed by atoms with Crippen molar-refractivity contribution in [3.05, 3.63) is 30.3 Å². The van der Waals surface area contributed by atoms with E-state index in [1.165, 1.54) is 14.0 Å². The summed E-state index contributed by atoms with van der Waals surface area (Å²) >= 11 is 0. The van der Waals surface area contributed by atoms with Gasteiger partial charge in [0.05, 0.1) is 31.9 Å². The van der Waals surface area contributed by atoms with Crippen LogP contribution in [0.2, 0.25) is 0 Å². The van der Waals surface area contributed by atoms with Gasteiger partial charge in [-0.05, 0) is 68.1 Å². The van der Waals surface area contributed by atoms with Gasteiger partial charge in [0.1, 0.15) is 36.0 Å². The van der Waals surface area contributed by atoms with Crippen molar-refractivity contribution >= 4 is 52.3 Å². The molecule has 0 aliphatic heterocycles. The number of ether oxygens (including phenoxy) is 3. The largest absolute Gasteiger partial charge is 0.494 e. The second kappa shape index (κ2) is 26.1. The topological polar surface area (TPSA) is 266 Å². The highest BCUT2D eigenvalue weighted by atomic mass is 16.5. The number of aliphatic hydroxyl groups excluding tert-OH is 1. The number of benzene rings is 1. The van der Waals surface area contributed by atoms with Gasteiger partial charge in [-0.15, -0.1) is 0 Å². The first-order chi connectivity index (χ1) is 29.2. The molecule has 6 amide bonds. The molecule has 2 aromatic rings. The zero-order valence-corrected chi connectivity index (χ0v) is 37.9. The molecule has 0 radical (unpaired) electrons. The van der Waals surface area contributed by atoms with E-state index in [4.69, 9.17) is 19.9 Å². The Bertz CT molecular complexity index is 1820. The molecule has 0 aliphatic carbocycles. The van der Waals surface area contributed by atoms with Crippen molar-refractivity contribution in [3.8, 4) is 11.6 Å². The van der Waals surface area contributed by atoms with Gasteiger partial charge >= 0.3 is 5.97 Å². The van der Waals surface area contributed by atoms with E-state index in [1.807, 2.05) is 32.9 Å². The Labute approximate surface area is 364 Å². The number of primary amides is 1. The number of nitrogens with zero attached hydrogens (tertiary/aromatic N) is 1. The SMILES string of the molecule is CC[C@H](C)C(NC(=O)CCCOc1ccc2ccc(OCCCC(=O)N[C@H](C(=O)N[C@@H](CC(C)C)C(=O)N[C@H](C(=O)OC)C(C)C)C(C)C)nc2c1)C(=O)N[C@H](C(N)=O)[C@@H](C)O. The third-order valence-corrected chi connectivity index (χ3v) is 10.2. The van der Waals surface area contributed by atoms with Crippen molar-refractivity contribution in [2.75, 3.05) is 20.3 Å². The van der Waals surface area contributed by atoms with Crippen molar-refractivity contribution in [2.45, 2.75) is 137 Å². The summed E-state index contributed by atoms with van der Waals surface area (Å²) in [5, 5.41) is 24.1. The maximum Gasteiger partial charge on any atom is 0.328 e. The summed E-state index contributed by atoms with van der Waals surface area (Å²) in [5.41, 5.74) is 5.91. The summed E-state index contributed by atoms with van der Waals surface area (Å²) in [7, 11) is 1.24. The van der Waals surface area contributed by atoms with Crippen LogP contribution in [0.5, 0.6) is 11.6 Å². The van der Waals surface area contributed by atoms with Gasteiger partial charge in [-0.2, -0.15) is 0 Å². The fourth-order valence-corrected chi connectivity index (χ4v) is 6.32. The lowest BCUT2D eigenvalue weighted by Crippen LogP contribution is -2.57. The molecule has 1 unspecified atom stereocenters. The molecule has 0 aliphatic rings. The van der Waals surface area contributed by atoms with Crippen molar-refractivity contribution in [2.24, 2.45) is 29.4 Å². The highest BCUT2D eigenvalue weighted by molar-refractivity contribution is 5.94. The minimum Gasteiger partial charge on any atom is -0.494 e. The first kappa shape index (κ1) is 52.6. The third-order valence-electron chi connectivity index (χ3n) is 10.2. The Morgan fingerprint density at radius 3 is 1.77 bits per heavy atom. The van der Waals surface area contributed by atoms with Gasteiger partial charge in [-0.1, -0.05) is 61.8 Å². The van der Waals surface area contributed by atoms with Crippen molar-refractivity contribution in [1.29, 1.82) is 0 Å². The fraction of sp³-hybridized carbons (Fsp3) is 0.636. The number of esters is 1. The number of aliphatic hydroxyl groups is 1. The molecular weight excluding hydrogens is 803 g/mol. The highest BCUT2D eigenvalue weighted by Gasteiger charge is 2.33. The lowest BCUT2D eigenvalue weighted by atomic mass is 9.97. The molecule has 0 spiro atoms. The Balaban J connectivity index is 1.91. The molecule has 1 heterocycles. The Kier molecular flexibility index (Phi) is 22.1. The molecule has 62 heavy (non-hydrogen) atoms. The Morgan fingerprint density at radius 1 is 0.694 bits per heavy atom. The standard InChI is InChI=1S/C44H69N7O11/c1-11-27(8)38(43(58)51-39(28(9)52)40(45)55)49-34(54)14-12-20-61-30-18-16-29-17-19-35(46-31(29)23-30)62-21-13-15-33(53)48-36(25(4)5)42(57)47-32(22-24(2)3)41(56)50-37(26(6)7)44(59)60-10/h16-19,23-28,32,36-39,52H,11-15,20-22H2,1-10H3,(H2,45,55)(H,47,57)(H,48,53)(H,49,54)(H,50,56)(H,51,58)/t27-,28+,32-,36-,37-,38?,39-/m0/s1. The van der Waals surface area contributed by atoms with Gasteiger partial charge in [0, 0.05) is 30.4 Å². The number of nitrogens with two attached hydrogens (primary N) is 1. The average Bonchev–Trinajstić information content (AvgIpc) is 3.21. The van der Waals surface area contributed by atoms with E-state index in [0.717, 1.165) is 5.39 Å². The number of fused-ring (bicyclic) bond motifs is 1. The number of amides is 6. The fourth-order valence-electron chi connectivity index (χ4n) is 6.32. The van der Waals surface area contributed by atoms with Crippen LogP contribution < -0.4 is 41.8 Å². The summed E-state index contributed by atoms with van der Waals surface area (Å²) in [5.74, 6) is -3.73. The van der Waals surface area contributed by atoms with Gasteiger partial charge in [0.25, 0.3) is 0 Å². The molecule has 1 aromatic carbocycles. The number of rotatable bonds is 27. The van der Waals surface area contributed by atoms with Crippen LogP contribution in [-0.4, -0.2) is 108 Å². The molecule has 2 rings (SSSR count). The first-order valence-electron chi connectivity index (χ1n) is 21.4. The summed E-state index contributed by atoms with van der Waals surface area (Å²) in [4.78, 5) is 93.8. The van der Waals surface area contributed by atoms with E-state index < -0.39 is 65.9 Å². The maximum atomic E-state index is 13.4. The molecule has 8 N–H and O–H groups in total. The number of pyridine rings is 1. The van der Waals surface area contributed by atoms with E-state index in [1.54, 1.807) is 52.8 Å². The molecule has 0 saturated carbocycles. The average molecular weight is 872 g/mol. The summed E-state index contributed by atoms with van der Waals surface area (Å²) in [6.45, 7) is 16.3. The number of hydrogen-bond donors (Lipinski definition) is 7. The summed E-state index contributed by atoms with van der Waals surface area (Å²) in [6.07, 6.45) is 0.492. The zero-order chi connectivity index (χ0) is 46.7. The molecule has 1 aromatic heterocycles. The molecule has 18 heteroatoms. The van der Waals surface area contributed by atoms with Crippen LogP contribution in [0.15, 0.2) is 30.3 Å². The van der Waals surface area contributed by atoms with Gasteiger partial charge < -0.3 is 51.6 Å². The molecule has 7 atom stereocenters. The summed E-state index contributed by atoms with van der Waals surface area (Å²) < 4.78 is 16.6. The smallest absolute Gasteiger partial charge is 0.328 e. The maximum absolute atomic E-state index is 13.4. The lowest BCUT2D eigenvalue weighted by Gasteiger charge is -2.28. The van der Waals surface area contributed by atoms with Crippen LogP contribution in [0.3, 0.4) is 0 Å². The first-order valence-corrected chi connectivity index (χ1v) is 21.4. The monoisotopic (exact) mass is 872 g/mol. The normalized spacial score (nSPS) is 14.7. The number of hydrogen-bond acceptors (Lipinski definition) is 12. The zero-order valence-electron chi connectivity index (χ0n) is 37.9. The molecule has 0 saturated heterocycles. The highest BCUT2D eigenvalue weighted by Crippen LogP contribution is 2.23. The molecule has 0 bridgehead atoms. The molecular formula is C44H69N7O11. The third kappa shape index (κ3) is 17.5. The van der Waals surface area contributed by atoms with Crippen molar-refractivity contribution < 1.29 is 52.9 Å². The predicted molar refractivity (Wildman–Crippen MR) is 232 cm³/mol. The number of methoxy groups -OCH3 is 1. The predicted octanol–water partition coefficient (Wildman–Crippen LogP) is 2.42. The quantitative estimate of drug-likeness (QED) is 0.0504. The Hall–Kier alpha value is -5.52. The van der Waals surface area contributed by atoms with Crippen molar-refractivity contribution in [3.63, 3.8) is 0 Å². The van der Waals surface area contributed by atoms with E-state index in [-0.39, 0.29) is 61.5 Å². The van der Waals surface area contributed by atoms with Gasteiger partial charge in [0.15, 0.2) is 0 Å². The molecule has 18 nitrogen and oxygen atoms in total. The van der Waals surface area contributed by atoms with Crippen LogP contribution in [-0.2, 0) is 38.3 Å². The second-order valence-electron chi connectivity index (χ2n) is 16.7. The molecule has 0 fully saturated rings. The van der Waals surface area contributed by atoms with Crippen molar-refractivity contribution in [1.82, 2.24) is 31.6 Å². The van der Waals surface area contributed by atoms with Crippen LogP contribution in [0.25, 0.3) is 10.9 Å².